The van der Waals surface area contributed by atoms with Crippen molar-refractivity contribution in [1.29, 1.82) is 0 Å². The van der Waals surface area contributed by atoms with Gasteiger partial charge in [0.2, 0.25) is 0 Å². The third-order valence-corrected chi connectivity index (χ3v) is 13.9. The standard InChI is InChI=1S/C52H44BN3/c1-31-25-39-38-28-46-37(35-18-11-12-21-43(35)54(46)33-15-8-7-9-16-33)29-47(38)56(45-30-41-40(27-32(45)2)51(3,4)23-24-52(41,5)6)53-42-20-14-19-36-34-17-10-13-22-44(34)55(50(36)42)48(26-31)49(39)53/h7-22,25-30H,23-24H2,1-6H3. The van der Waals surface area contributed by atoms with Gasteiger partial charge in [-0.25, -0.2) is 0 Å². The molecule has 0 saturated heterocycles. The van der Waals surface area contributed by atoms with E-state index in [1.54, 1.807) is 0 Å². The van der Waals surface area contributed by atoms with Crippen LogP contribution in [0, 0.1) is 13.8 Å². The van der Waals surface area contributed by atoms with Crippen molar-refractivity contribution in [2.75, 3.05) is 4.81 Å². The maximum Gasteiger partial charge on any atom is 0.333 e. The molecule has 0 saturated carbocycles. The minimum absolute atomic E-state index is 0.00926. The van der Waals surface area contributed by atoms with E-state index in [9.17, 15) is 0 Å². The van der Waals surface area contributed by atoms with Gasteiger partial charge in [-0.15, -0.1) is 0 Å². The quantitative estimate of drug-likeness (QED) is 0.162. The lowest BCUT2D eigenvalue weighted by Crippen LogP contribution is -2.60. The Morgan fingerprint density at radius 3 is 1.89 bits per heavy atom. The first-order chi connectivity index (χ1) is 27.1. The molecule has 0 spiro atoms. The Kier molecular flexibility index (Phi) is 6.25. The van der Waals surface area contributed by atoms with Crippen molar-refractivity contribution in [3.63, 3.8) is 0 Å². The van der Waals surface area contributed by atoms with Crippen molar-refractivity contribution in [2.45, 2.75) is 65.2 Å². The Morgan fingerprint density at radius 1 is 0.500 bits per heavy atom. The Balaban J connectivity index is 1.26. The highest BCUT2D eigenvalue weighted by atomic mass is 15.1. The van der Waals surface area contributed by atoms with Crippen LogP contribution in [0.3, 0.4) is 0 Å². The summed E-state index contributed by atoms with van der Waals surface area (Å²) in [5, 5.41) is 5.19. The Morgan fingerprint density at radius 2 is 1.14 bits per heavy atom. The number of nitrogens with zero attached hydrogens (tertiary/aromatic N) is 3. The lowest BCUT2D eigenvalue weighted by Gasteiger charge is -2.46. The zero-order valence-corrected chi connectivity index (χ0v) is 33.0. The van der Waals surface area contributed by atoms with Gasteiger partial charge in [-0.2, -0.15) is 0 Å². The SMILES string of the molecule is Cc1cc2c3c(c1)-n1c4ccccc4c4cccc(c41)B3N(c1cc3c(cc1C)C(C)(C)CCC3(C)C)c1cc3c4ccccc4n(-c4ccccc4)c3cc1-2. The maximum atomic E-state index is 2.76. The van der Waals surface area contributed by atoms with Crippen LogP contribution in [0.15, 0.2) is 133 Å². The molecule has 4 heteroatoms. The average Bonchev–Trinajstić information content (AvgIpc) is 3.71. The molecule has 2 aromatic heterocycles. The second-order valence-corrected chi connectivity index (χ2v) is 18.1. The molecular formula is C52H44BN3. The first kappa shape index (κ1) is 32.3. The zero-order chi connectivity index (χ0) is 37.8. The molecule has 0 unspecified atom stereocenters. The predicted octanol–water partition coefficient (Wildman–Crippen LogP) is 12.1. The first-order valence-corrected chi connectivity index (χ1v) is 20.4. The van der Waals surface area contributed by atoms with E-state index in [1.165, 1.54) is 124 Å². The largest absolute Gasteiger partial charge is 0.376 e. The van der Waals surface area contributed by atoms with Crippen LogP contribution < -0.4 is 15.7 Å². The zero-order valence-electron chi connectivity index (χ0n) is 33.0. The van der Waals surface area contributed by atoms with Gasteiger partial charge in [-0.1, -0.05) is 113 Å². The smallest absolute Gasteiger partial charge is 0.333 e. The van der Waals surface area contributed by atoms with Crippen molar-refractivity contribution in [3.8, 4) is 22.5 Å². The highest BCUT2D eigenvalue weighted by Gasteiger charge is 2.46. The fraction of sp³-hybridized carbons (Fsp3) is 0.192. The molecule has 3 nitrogen and oxygen atoms in total. The van der Waals surface area contributed by atoms with Crippen LogP contribution in [0.5, 0.6) is 0 Å². The molecule has 12 rings (SSSR count). The van der Waals surface area contributed by atoms with E-state index < -0.39 is 0 Å². The topological polar surface area (TPSA) is 13.1 Å². The lowest BCUT2D eigenvalue weighted by atomic mass is 9.43. The van der Waals surface area contributed by atoms with Gasteiger partial charge in [0, 0.05) is 49.9 Å². The first-order valence-electron chi connectivity index (χ1n) is 20.4. The van der Waals surface area contributed by atoms with Gasteiger partial charge in [0.05, 0.1) is 22.1 Å². The highest BCUT2D eigenvalue weighted by molar-refractivity contribution is 6.93. The van der Waals surface area contributed by atoms with Crippen LogP contribution in [0.4, 0.5) is 11.4 Å². The van der Waals surface area contributed by atoms with Crippen molar-refractivity contribution in [1.82, 2.24) is 9.13 Å². The van der Waals surface area contributed by atoms with Crippen LogP contribution in [-0.4, -0.2) is 16.0 Å². The number of rotatable bonds is 2. The summed E-state index contributed by atoms with van der Waals surface area (Å²) in [4.78, 5) is 2.76. The third kappa shape index (κ3) is 4.09. The monoisotopic (exact) mass is 721 g/mol. The molecule has 270 valence electrons. The van der Waals surface area contributed by atoms with E-state index in [-0.39, 0.29) is 17.7 Å². The van der Waals surface area contributed by atoms with Gasteiger partial charge in [0.1, 0.15) is 0 Å². The number of hydrogen-bond donors (Lipinski definition) is 0. The van der Waals surface area contributed by atoms with Gasteiger partial charge in [-0.05, 0) is 125 Å². The maximum absolute atomic E-state index is 2.76. The lowest BCUT2D eigenvalue weighted by molar-refractivity contribution is 0.332. The molecule has 0 fully saturated rings. The summed E-state index contributed by atoms with van der Waals surface area (Å²) in [6, 6.07) is 51.0. The van der Waals surface area contributed by atoms with Crippen LogP contribution in [0.2, 0.25) is 0 Å². The number of hydrogen-bond acceptors (Lipinski definition) is 1. The van der Waals surface area contributed by atoms with Crippen LogP contribution in [0.25, 0.3) is 66.1 Å². The molecule has 4 heterocycles. The molecule has 56 heavy (non-hydrogen) atoms. The summed E-state index contributed by atoms with van der Waals surface area (Å²) in [6.07, 6.45) is 2.38. The number of anilines is 2. The fourth-order valence-electron chi connectivity index (χ4n) is 11.1. The van der Waals surface area contributed by atoms with Crippen molar-refractivity contribution in [3.05, 3.63) is 156 Å². The Hall–Kier alpha value is -6.00. The van der Waals surface area contributed by atoms with E-state index in [1.807, 2.05) is 0 Å². The molecular weight excluding hydrogens is 677 g/mol. The van der Waals surface area contributed by atoms with Crippen molar-refractivity contribution < 1.29 is 0 Å². The van der Waals surface area contributed by atoms with E-state index in [4.69, 9.17) is 0 Å². The molecule has 3 aliphatic rings. The highest BCUT2D eigenvalue weighted by Crippen LogP contribution is 2.52. The van der Waals surface area contributed by atoms with Crippen LogP contribution in [-0.2, 0) is 10.8 Å². The molecule has 7 aromatic carbocycles. The van der Waals surface area contributed by atoms with Crippen molar-refractivity contribution >= 4 is 72.8 Å². The number of benzene rings is 7. The number of fused-ring (bicyclic) bond motifs is 11. The average molecular weight is 722 g/mol. The second kappa shape index (κ2) is 10.9. The van der Waals surface area contributed by atoms with E-state index in [2.05, 4.69) is 189 Å². The molecule has 0 bridgehead atoms. The number of aryl methyl sites for hydroxylation is 2. The number of aromatic nitrogens is 2. The summed E-state index contributed by atoms with van der Waals surface area (Å²) >= 11 is 0. The Labute approximate surface area is 328 Å². The predicted molar refractivity (Wildman–Crippen MR) is 239 cm³/mol. The van der Waals surface area contributed by atoms with E-state index in [0.29, 0.717) is 0 Å². The van der Waals surface area contributed by atoms with Gasteiger partial charge >= 0.3 is 6.85 Å². The van der Waals surface area contributed by atoms with E-state index in [0.717, 1.165) is 0 Å². The minimum Gasteiger partial charge on any atom is -0.376 e. The second-order valence-electron chi connectivity index (χ2n) is 18.1. The van der Waals surface area contributed by atoms with Gasteiger partial charge < -0.3 is 13.9 Å². The van der Waals surface area contributed by atoms with Crippen molar-refractivity contribution in [2.24, 2.45) is 0 Å². The summed E-state index contributed by atoms with van der Waals surface area (Å²) in [5.74, 6) is 0. The molecule has 0 amide bonds. The van der Waals surface area contributed by atoms with E-state index >= 15 is 0 Å². The number of para-hydroxylation sites is 4. The Bertz CT molecular complexity index is 3180. The molecule has 0 radical (unpaired) electrons. The third-order valence-electron chi connectivity index (χ3n) is 13.9. The normalized spacial score (nSPS) is 16.1. The summed E-state index contributed by atoms with van der Waals surface area (Å²) in [5.41, 5.74) is 21.3. The molecule has 0 atom stereocenters. The molecule has 2 aliphatic heterocycles. The summed E-state index contributed by atoms with van der Waals surface area (Å²) in [7, 11) is 0. The summed E-state index contributed by atoms with van der Waals surface area (Å²) < 4.78 is 5.05. The minimum atomic E-state index is -0.00926. The van der Waals surface area contributed by atoms with Gasteiger partial charge in [0.15, 0.2) is 0 Å². The van der Waals surface area contributed by atoms with Crippen LogP contribution in [0.1, 0.15) is 62.8 Å². The van der Waals surface area contributed by atoms with Crippen LogP contribution >= 0.6 is 0 Å². The molecule has 9 aromatic rings. The van der Waals surface area contributed by atoms with Gasteiger partial charge in [0.25, 0.3) is 0 Å². The van der Waals surface area contributed by atoms with Gasteiger partial charge in [-0.3, -0.25) is 0 Å². The fourth-order valence-corrected chi connectivity index (χ4v) is 11.1. The molecule has 1 aliphatic carbocycles. The molecule has 0 N–H and O–H groups in total. The summed E-state index contributed by atoms with van der Waals surface area (Å²) in [6.45, 7) is 14.4.